The molecule has 1 aliphatic heterocycles. The normalized spacial score (nSPS) is 19.6. The maximum absolute atomic E-state index is 13.8. The van der Waals surface area contributed by atoms with Gasteiger partial charge in [-0.1, -0.05) is 18.3 Å². The topological polar surface area (TPSA) is 32.5 Å². The lowest BCUT2D eigenvalue weighted by Crippen LogP contribution is -2.29. The van der Waals surface area contributed by atoms with Crippen LogP contribution < -0.4 is 10.6 Å². The summed E-state index contributed by atoms with van der Waals surface area (Å²) in [6.45, 7) is 3.11. The molecule has 2 rings (SSSR count). The maximum Gasteiger partial charge on any atom is 0.135 e. The summed E-state index contributed by atoms with van der Waals surface area (Å²) in [7, 11) is 4.09. The van der Waals surface area contributed by atoms with E-state index in [1.54, 1.807) is 6.07 Å². The number of halogens is 1. The van der Waals surface area contributed by atoms with Gasteiger partial charge < -0.3 is 15.5 Å². The van der Waals surface area contributed by atoms with Gasteiger partial charge in [-0.05, 0) is 38.1 Å². The summed E-state index contributed by atoms with van der Waals surface area (Å²) >= 11 is 4.96. The summed E-state index contributed by atoms with van der Waals surface area (Å²) in [5.41, 5.74) is 6.77. The van der Waals surface area contributed by atoms with Crippen molar-refractivity contribution in [1.29, 1.82) is 0 Å². The molecule has 1 aromatic carbocycles. The van der Waals surface area contributed by atoms with Gasteiger partial charge >= 0.3 is 0 Å². The minimum absolute atomic E-state index is 0.114. The SMILES string of the molecule is CN1CCC(CN(C)c2cccc(F)c2C(N)=S)C1. The van der Waals surface area contributed by atoms with Gasteiger partial charge in [-0.3, -0.25) is 0 Å². The van der Waals surface area contributed by atoms with Crippen molar-refractivity contribution in [1.82, 2.24) is 4.90 Å². The van der Waals surface area contributed by atoms with Crippen LogP contribution in [0.3, 0.4) is 0 Å². The average molecular weight is 281 g/mol. The highest BCUT2D eigenvalue weighted by molar-refractivity contribution is 7.80. The second-order valence-corrected chi connectivity index (χ2v) is 5.74. The van der Waals surface area contributed by atoms with Gasteiger partial charge in [0.1, 0.15) is 10.8 Å². The van der Waals surface area contributed by atoms with Crippen LogP contribution >= 0.6 is 12.2 Å². The highest BCUT2D eigenvalue weighted by Crippen LogP contribution is 2.25. The van der Waals surface area contributed by atoms with Crippen LogP contribution in [0.2, 0.25) is 0 Å². The molecule has 0 aromatic heterocycles. The Bertz CT molecular complexity index is 478. The third kappa shape index (κ3) is 3.22. The van der Waals surface area contributed by atoms with E-state index >= 15 is 0 Å². The van der Waals surface area contributed by atoms with E-state index in [4.69, 9.17) is 18.0 Å². The molecule has 1 unspecified atom stereocenters. The Hall–Kier alpha value is -1.20. The zero-order valence-electron chi connectivity index (χ0n) is 11.4. The van der Waals surface area contributed by atoms with Crippen molar-refractivity contribution >= 4 is 22.9 Å². The van der Waals surface area contributed by atoms with Crippen LogP contribution in [0.4, 0.5) is 10.1 Å². The van der Waals surface area contributed by atoms with Crippen LogP contribution in [0.5, 0.6) is 0 Å². The molecule has 0 saturated carbocycles. The second kappa shape index (κ2) is 5.84. The molecule has 0 bridgehead atoms. The second-order valence-electron chi connectivity index (χ2n) is 5.30. The molecule has 1 aromatic rings. The predicted octanol–water partition coefficient (Wildman–Crippen LogP) is 1.85. The molecule has 1 fully saturated rings. The van der Waals surface area contributed by atoms with E-state index in [0.29, 0.717) is 11.5 Å². The molecule has 0 spiro atoms. The van der Waals surface area contributed by atoms with Crippen LogP contribution in [0.15, 0.2) is 18.2 Å². The van der Waals surface area contributed by atoms with E-state index in [1.807, 2.05) is 13.1 Å². The predicted molar refractivity (Wildman–Crippen MR) is 81.2 cm³/mol. The maximum atomic E-state index is 13.8. The van der Waals surface area contributed by atoms with Crippen molar-refractivity contribution in [2.75, 3.05) is 38.6 Å². The third-order valence-electron chi connectivity index (χ3n) is 3.67. The van der Waals surface area contributed by atoms with Gasteiger partial charge in [0.2, 0.25) is 0 Å². The molecule has 3 nitrogen and oxygen atoms in total. The zero-order chi connectivity index (χ0) is 14.0. The Morgan fingerprint density at radius 1 is 1.58 bits per heavy atom. The number of hydrogen-bond donors (Lipinski definition) is 1. The Labute approximate surface area is 119 Å². The van der Waals surface area contributed by atoms with Gasteiger partial charge in [0.15, 0.2) is 0 Å². The number of benzene rings is 1. The minimum atomic E-state index is -0.347. The van der Waals surface area contributed by atoms with E-state index in [9.17, 15) is 4.39 Å². The average Bonchev–Trinajstić information content (AvgIpc) is 2.73. The molecule has 104 valence electrons. The van der Waals surface area contributed by atoms with Crippen LogP contribution in [0.1, 0.15) is 12.0 Å². The minimum Gasteiger partial charge on any atom is -0.389 e. The Morgan fingerprint density at radius 2 is 2.32 bits per heavy atom. The van der Waals surface area contributed by atoms with Crippen molar-refractivity contribution in [3.8, 4) is 0 Å². The fourth-order valence-corrected chi connectivity index (χ4v) is 2.94. The summed E-state index contributed by atoms with van der Waals surface area (Å²) in [5, 5.41) is 0. The first-order chi connectivity index (χ1) is 8.99. The van der Waals surface area contributed by atoms with Gasteiger partial charge in [0.05, 0.1) is 5.56 Å². The molecule has 5 heteroatoms. The molecular formula is C14H20FN3S. The van der Waals surface area contributed by atoms with Gasteiger partial charge in [-0.25, -0.2) is 4.39 Å². The molecule has 1 heterocycles. The van der Waals surface area contributed by atoms with Crippen molar-refractivity contribution in [2.45, 2.75) is 6.42 Å². The molecule has 0 amide bonds. The molecule has 0 radical (unpaired) electrons. The lowest BCUT2D eigenvalue weighted by atomic mass is 10.1. The van der Waals surface area contributed by atoms with Crippen LogP contribution in [0, 0.1) is 11.7 Å². The monoisotopic (exact) mass is 281 g/mol. The summed E-state index contributed by atoms with van der Waals surface area (Å²) in [5.74, 6) is 0.262. The van der Waals surface area contributed by atoms with Crippen molar-refractivity contribution in [3.63, 3.8) is 0 Å². The number of hydrogen-bond acceptors (Lipinski definition) is 3. The van der Waals surface area contributed by atoms with Crippen LogP contribution in [0.25, 0.3) is 0 Å². The van der Waals surface area contributed by atoms with Crippen molar-refractivity contribution in [2.24, 2.45) is 11.7 Å². The Balaban J connectivity index is 2.17. The van der Waals surface area contributed by atoms with E-state index in [1.165, 1.54) is 12.5 Å². The number of anilines is 1. The Kier molecular flexibility index (Phi) is 4.37. The van der Waals surface area contributed by atoms with Gasteiger partial charge in [0.25, 0.3) is 0 Å². The van der Waals surface area contributed by atoms with E-state index < -0.39 is 0 Å². The molecule has 2 N–H and O–H groups in total. The smallest absolute Gasteiger partial charge is 0.135 e. The fourth-order valence-electron chi connectivity index (χ4n) is 2.74. The fraction of sp³-hybridized carbons (Fsp3) is 0.500. The van der Waals surface area contributed by atoms with Gasteiger partial charge in [-0.2, -0.15) is 0 Å². The molecule has 1 aliphatic rings. The van der Waals surface area contributed by atoms with Gasteiger partial charge in [0, 0.05) is 25.8 Å². The highest BCUT2D eigenvalue weighted by atomic mass is 32.1. The first-order valence-electron chi connectivity index (χ1n) is 6.47. The van der Waals surface area contributed by atoms with E-state index in [0.717, 1.165) is 25.3 Å². The van der Waals surface area contributed by atoms with Gasteiger partial charge in [-0.15, -0.1) is 0 Å². The first kappa shape index (κ1) is 14.2. The van der Waals surface area contributed by atoms with Crippen molar-refractivity contribution < 1.29 is 4.39 Å². The molecule has 0 aliphatic carbocycles. The largest absolute Gasteiger partial charge is 0.389 e. The molecule has 1 atom stereocenters. The first-order valence-corrected chi connectivity index (χ1v) is 6.88. The van der Waals surface area contributed by atoms with Crippen molar-refractivity contribution in [3.05, 3.63) is 29.6 Å². The number of rotatable bonds is 4. The Morgan fingerprint density at radius 3 is 2.89 bits per heavy atom. The standard InChI is InChI=1S/C14H20FN3S/c1-17-7-6-10(8-17)9-18(2)12-5-3-4-11(15)13(12)14(16)19/h3-5,10H,6-9H2,1-2H3,(H2,16,19). The number of nitrogens with two attached hydrogens (primary N) is 1. The van der Waals surface area contributed by atoms with Crippen LogP contribution in [-0.2, 0) is 0 Å². The number of likely N-dealkylation sites (tertiary alicyclic amines) is 1. The highest BCUT2D eigenvalue weighted by Gasteiger charge is 2.22. The van der Waals surface area contributed by atoms with Crippen LogP contribution in [-0.4, -0.2) is 43.6 Å². The lowest BCUT2D eigenvalue weighted by molar-refractivity contribution is 0.396. The molecule has 1 saturated heterocycles. The summed E-state index contributed by atoms with van der Waals surface area (Å²) in [6.07, 6.45) is 1.18. The van der Waals surface area contributed by atoms with E-state index in [2.05, 4.69) is 16.8 Å². The third-order valence-corrected chi connectivity index (χ3v) is 3.87. The quantitative estimate of drug-likeness (QED) is 0.854. The number of thiocarbonyl (C=S) groups is 1. The lowest BCUT2D eigenvalue weighted by Gasteiger charge is -2.25. The molecule has 19 heavy (non-hydrogen) atoms. The summed E-state index contributed by atoms with van der Waals surface area (Å²) in [4.78, 5) is 4.49. The summed E-state index contributed by atoms with van der Waals surface area (Å²) < 4.78 is 13.8. The zero-order valence-corrected chi connectivity index (χ0v) is 12.2. The van der Waals surface area contributed by atoms with E-state index in [-0.39, 0.29) is 10.8 Å². The number of nitrogens with zero attached hydrogens (tertiary/aromatic N) is 2. The summed E-state index contributed by atoms with van der Waals surface area (Å²) in [6, 6.07) is 4.97. The molecular weight excluding hydrogens is 261 g/mol.